The molecule has 0 radical (unpaired) electrons. The van der Waals surface area contributed by atoms with Crippen molar-refractivity contribution in [3.63, 3.8) is 0 Å². The summed E-state index contributed by atoms with van der Waals surface area (Å²) in [6, 6.07) is 36.0. The van der Waals surface area contributed by atoms with Crippen LogP contribution in [0.2, 0.25) is 20.1 Å². The molecule has 8 rings (SSSR count). The Morgan fingerprint density at radius 2 is 1.05 bits per heavy atom. The zero-order chi connectivity index (χ0) is 43.0. The van der Waals surface area contributed by atoms with E-state index in [0.29, 0.717) is 77.3 Å². The second-order valence-electron chi connectivity index (χ2n) is 13.5. The monoisotopic (exact) mass is 888 g/mol. The molecular formula is C47H36Cl4N6O4. The van der Waals surface area contributed by atoms with Crippen LogP contribution in [-0.2, 0) is 16.0 Å². The Morgan fingerprint density at radius 1 is 0.607 bits per heavy atom. The number of hydrogen-bond acceptors (Lipinski definition) is 6. The van der Waals surface area contributed by atoms with Gasteiger partial charge < -0.3 is 25.3 Å². The molecule has 0 fully saturated rings. The number of ether oxygens (including phenoxy) is 1. The highest BCUT2D eigenvalue weighted by Crippen LogP contribution is 2.35. The van der Waals surface area contributed by atoms with Crippen molar-refractivity contribution in [2.75, 3.05) is 17.2 Å². The maximum atomic E-state index is 12.8. The van der Waals surface area contributed by atoms with Crippen LogP contribution in [0.1, 0.15) is 45.7 Å². The van der Waals surface area contributed by atoms with Crippen molar-refractivity contribution in [1.82, 2.24) is 19.9 Å². The summed E-state index contributed by atoms with van der Waals surface area (Å²) in [5.74, 6) is 0.253. The average molecular weight is 891 g/mol. The number of aromatic amines is 2. The van der Waals surface area contributed by atoms with E-state index in [9.17, 15) is 14.4 Å². The first kappa shape index (κ1) is 42.7. The molecule has 0 aliphatic heterocycles. The molecule has 10 nitrogen and oxygen atoms in total. The van der Waals surface area contributed by atoms with E-state index >= 15 is 0 Å². The van der Waals surface area contributed by atoms with E-state index in [0.717, 1.165) is 28.7 Å². The number of anilines is 2. The Morgan fingerprint density at radius 3 is 1.48 bits per heavy atom. The average Bonchev–Trinajstić information content (AvgIpc) is 3.87. The molecule has 2 heterocycles. The number of carbonyl (C=O) groups is 3. The normalized spacial score (nSPS) is 11.0. The van der Waals surface area contributed by atoms with Crippen LogP contribution in [0.15, 0.2) is 127 Å². The number of rotatable bonds is 10. The second-order valence-corrected chi connectivity index (χ2v) is 15.1. The first-order chi connectivity index (χ1) is 29.5. The molecule has 0 saturated carbocycles. The SMILES string of the molecule is CCOC(=O)/C=C/c1ccc(NC(=O)c2ccc3nc(-c4c(Cl)cccc4Cl)[nH]c3c2)cc1.CCc1ccc(NC(=O)c2ccc3nc(-c4c(Cl)cccc4Cl)[nH]c3c2)cc1. The number of imidazole rings is 2. The van der Waals surface area contributed by atoms with E-state index in [-0.39, 0.29) is 11.8 Å². The van der Waals surface area contributed by atoms with Gasteiger partial charge >= 0.3 is 5.97 Å². The number of hydrogen-bond donors (Lipinski definition) is 4. The Balaban J connectivity index is 0.000000186. The zero-order valence-corrected chi connectivity index (χ0v) is 35.7. The summed E-state index contributed by atoms with van der Waals surface area (Å²) in [5.41, 5.74) is 8.52. The minimum Gasteiger partial charge on any atom is -0.463 e. The summed E-state index contributed by atoms with van der Waals surface area (Å²) >= 11 is 25.1. The van der Waals surface area contributed by atoms with Crippen LogP contribution < -0.4 is 10.6 Å². The number of halogens is 4. The van der Waals surface area contributed by atoms with Crippen LogP contribution in [0.25, 0.3) is 50.9 Å². The van der Waals surface area contributed by atoms with Gasteiger partial charge in [-0.3, -0.25) is 9.59 Å². The Bertz CT molecular complexity index is 2880. The van der Waals surface area contributed by atoms with Gasteiger partial charge in [-0.25, -0.2) is 14.8 Å². The van der Waals surface area contributed by atoms with Crippen molar-refractivity contribution in [1.29, 1.82) is 0 Å². The van der Waals surface area contributed by atoms with Crippen LogP contribution in [0.5, 0.6) is 0 Å². The highest BCUT2D eigenvalue weighted by Gasteiger charge is 2.16. The first-order valence-electron chi connectivity index (χ1n) is 19.0. The molecule has 14 heteroatoms. The maximum absolute atomic E-state index is 12.8. The van der Waals surface area contributed by atoms with Gasteiger partial charge in [-0.1, -0.05) is 89.7 Å². The predicted octanol–water partition coefficient (Wildman–Crippen LogP) is 12.7. The molecule has 6 aromatic carbocycles. The smallest absolute Gasteiger partial charge is 0.330 e. The molecule has 61 heavy (non-hydrogen) atoms. The van der Waals surface area contributed by atoms with Crippen LogP contribution in [0.3, 0.4) is 0 Å². The van der Waals surface area contributed by atoms with Crippen molar-refractivity contribution in [2.24, 2.45) is 0 Å². The third kappa shape index (κ3) is 10.3. The van der Waals surface area contributed by atoms with E-state index < -0.39 is 5.97 Å². The lowest BCUT2D eigenvalue weighted by Crippen LogP contribution is -2.11. The molecule has 0 spiro atoms. The van der Waals surface area contributed by atoms with E-state index in [1.54, 1.807) is 110 Å². The molecule has 8 aromatic rings. The van der Waals surface area contributed by atoms with Crippen LogP contribution >= 0.6 is 46.4 Å². The number of aryl methyl sites for hydroxylation is 1. The number of H-pyrrole nitrogens is 2. The molecule has 2 amide bonds. The topological polar surface area (TPSA) is 142 Å². The maximum Gasteiger partial charge on any atom is 0.330 e. The van der Waals surface area contributed by atoms with E-state index in [4.69, 9.17) is 51.1 Å². The minimum atomic E-state index is -0.399. The van der Waals surface area contributed by atoms with Gasteiger partial charge in [0.2, 0.25) is 0 Å². The third-order valence-electron chi connectivity index (χ3n) is 9.37. The fourth-order valence-electron chi connectivity index (χ4n) is 6.25. The van der Waals surface area contributed by atoms with Crippen LogP contribution in [0, 0.1) is 0 Å². The lowest BCUT2D eigenvalue weighted by atomic mass is 10.1. The van der Waals surface area contributed by atoms with Crippen LogP contribution in [0.4, 0.5) is 11.4 Å². The quantitative estimate of drug-likeness (QED) is 0.0796. The number of aromatic nitrogens is 4. The molecule has 0 aliphatic rings. The van der Waals surface area contributed by atoms with Gasteiger partial charge in [0.25, 0.3) is 11.8 Å². The molecule has 0 unspecified atom stereocenters. The first-order valence-corrected chi connectivity index (χ1v) is 20.6. The number of nitrogens with one attached hydrogen (secondary N) is 4. The summed E-state index contributed by atoms with van der Waals surface area (Å²) in [6.07, 6.45) is 3.97. The predicted molar refractivity (Wildman–Crippen MR) is 247 cm³/mol. The van der Waals surface area contributed by atoms with E-state index in [1.165, 1.54) is 11.6 Å². The summed E-state index contributed by atoms with van der Waals surface area (Å²) in [4.78, 5) is 52.3. The second kappa shape index (κ2) is 19.3. The zero-order valence-electron chi connectivity index (χ0n) is 32.7. The highest BCUT2D eigenvalue weighted by atomic mass is 35.5. The Kier molecular flexibility index (Phi) is 13.5. The summed E-state index contributed by atoms with van der Waals surface area (Å²) in [5, 5.41) is 7.78. The van der Waals surface area contributed by atoms with Gasteiger partial charge in [0.15, 0.2) is 0 Å². The van der Waals surface area contributed by atoms with E-state index in [1.807, 2.05) is 24.3 Å². The van der Waals surface area contributed by atoms with Gasteiger partial charge in [-0.15, -0.1) is 0 Å². The summed E-state index contributed by atoms with van der Waals surface area (Å²) in [7, 11) is 0. The number of benzene rings is 6. The number of esters is 1. The molecule has 0 atom stereocenters. The van der Waals surface area contributed by atoms with E-state index in [2.05, 4.69) is 37.5 Å². The lowest BCUT2D eigenvalue weighted by Gasteiger charge is -2.06. The number of nitrogens with zero attached hydrogens (tertiary/aromatic N) is 2. The fourth-order valence-corrected chi connectivity index (χ4v) is 7.40. The van der Waals surface area contributed by atoms with Gasteiger partial charge in [0.05, 0.1) is 59.9 Å². The van der Waals surface area contributed by atoms with Crippen molar-refractivity contribution >= 4 is 104 Å². The Hall–Kier alpha value is -6.43. The molecule has 0 aliphatic carbocycles. The minimum absolute atomic E-state index is 0.182. The van der Waals surface area contributed by atoms with Crippen molar-refractivity contribution in [3.05, 3.63) is 170 Å². The molecule has 0 saturated heterocycles. The van der Waals surface area contributed by atoms with Crippen molar-refractivity contribution in [2.45, 2.75) is 20.3 Å². The summed E-state index contributed by atoms with van der Waals surface area (Å²) < 4.78 is 4.85. The molecule has 0 bridgehead atoms. The number of amides is 2. The van der Waals surface area contributed by atoms with Crippen molar-refractivity contribution in [3.8, 4) is 22.8 Å². The third-order valence-corrected chi connectivity index (χ3v) is 10.6. The molecule has 4 N–H and O–H groups in total. The fraction of sp³-hybridized carbons (Fsp3) is 0.0851. The highest BCUT2D eigenvalue weighted by molar-refractivity contribution is 6.39. The van der Waals surface area contributed by atoms with Gasteiger partial charge in [-0.2, -0.15) is 0 Å². The number of fused-ring (bicyclic) bond motifs is 2. The van der Waals surface area contributed by atoms with Gasteiger partial charge in [-0.05, 0) is 115 Å². The van der Waals surface area contributed by atoms with Gasteiger partial charge in [0, 0.05) is 28.6 Å². The Labute approximate surface area is 370 Å². The largest absolute Gasteiger partial charge is 0.463 e. The number of carbonyl (C=O) groups excluding carboxylic acids is 3. The van der Waals surface area contributed by atoms with Gasteiger partial charge in [0.1, 0.15) is 11.6 Å². The molecule has 306 valence electrons. The van der Waals surface area contributed by atoms with Crippen molar-refractivity contribution < 1.29 is 19.1 Å². The molecule has 2 aromatic heterocycles. The molecular weight excluding hydrogens is 854 g/mol. The standard InChI is InChI=1S/C25H19Cl2N3O3.C22H17Cl2N3O/c1-2-33-22(31)13-8-15-6-10-17(11-7-15)28-25(32)16-9-12-20-21(14-16)30-24(29-20)23-18(26)4-3-5-19(23)27;1-2-13-6-9-15(10-7-13)25-22(28)14-8-11-18-19(12-14)27-21(26-18)20-16(23)4-3-5-17(20)24/h3-14H,2H2,1H3,(H,28,32)(H,29,30);3-12H,2H2,1H3,(H,25,28)(H,26,27)/b13-8+;. The lowest BCUT2D eigenvalue weighted by molar-refractivity contribution is -0.137. The van der Waals surface area contributed by atoms with Crippen LogP contribution in [-0.4, -0.2) is 44.3 Å². The summed E-state index contributed by atoms with van der Waals surface area (Å²) in [6.45, 7) is 4.17.